The van der Waals surface area contributed by atoms with E-state index in [9.17, 15) is 4.79 Å². The third kappa shape index (κ3) is 6.26. The third-order valence-corrected chi connectivity index (χ3v) is 7.58. The number of hydrogen-bond acceptors (Lipinski definition) is 3. The summed E-state index contributed by atoms with van der Waals surface area (Å²) in [4.78, 5) is 16.2. The van der Waals surface area contributed by atoms with Crippen LogP contribution in [-0.4, -0.2) is 29.9 Å². The van der Waals surface area contributed by atoms with Gasteiger partial charge in [-0.25, -0.2) is 0 Å². The van der Waals surface area contributed by atoms with Crippen molar-refractivity contribution in [3.05, 3.63) is 81.0 Å². The number of halogens is 1. The zero-order chi connectivity index (χ0) is 23.4. The van der Waals surface area contributed by atoms with Gasteiger partial charge in [-0.15, -0.1) is 11.3 Å². The van der Waals surface area contributed by atoms with Crippen LogP contribution < -0.4 is 5.32 Å². The van der Waals surface area contributed by atoms with E-state index in [0.717, 1.165) is 48.5 Å². The van der Waals surface area contributed by atoms with Gasteiger partial charge in [0.15, 0.2) is 0 Å². The molecule has 174 valence electrons. The van der Waals surface area contributed by atoms with Crippen molar-refractivity contribution in [2.24, 2.45) is 0 Å². The molecular weight excluding hydrogens is 448 g/mol. The number of nitrogens with one attached hydrogen (secondary N) is 1. The van der Waals surface area contributed by atoms with Crippen LogP contribution in [0, 0.1) is 0 Å². The van der Waals surface area contributed by atoms with Gasteiger partial charge in [0.25, 0.3) is 5.91 Å². The van der Waals surface area contributed by atoms with Gasteiger partial charge in [0, 0.05) is 29.7 Å². The average molecular weight is 481 g/mol. The highest BCUT2D eigenvalue weighted by Gasteiger charge is 2.22. The van der Waals surface area contributed by atoms with Gasteiger partial charge in [0.2, 0.25) is 0 Å². The molecule has 1 aliphatic rings. The maximum Gasteiger partial charge on any atom is 0.261 e. The summed E-state index contributed by atoms with van der Waals surface area (Å²) in [5.41, 5.74) is 4.82. The standard InChI is InChI=1S/C28H33ClN2OS/c1-28(2,3)22-13-11-20(12-14-22)17-31-15-7-6-8-23(18-31)30-27(32)26-16-21(19-33-26)24-9-4-5-10-25(24)29/h4-5,9-14,16,19,23H,6-8,15,17-18H2,1-3H3,(H,30,32). The Morgan fingerprint density at radius 2 is 1.88 bits per heavy atom. The fourth-order valence-corrected chi connectivity index (χ4v) is 5.45. The molecule has 0 aliphatic carbocycles. The van der Waals surface area contributed by atoms with E-state index in [0.29, 0.717) is 5.02 Å². The summed E-state index contributed by atoms with van der Waals surface area (Å²) < 4.78 is 0. The number of hydrogen-bond donors (Lipinski definition) is 1. The molecule has 1 unspecified atom stereocenters. The van der Waals surface area contributed by atoms with Gasteiger partial charge in [-0.1, -0.05) is 81.3 Å². The molecular formula is C28H33ClN2OS. The predicted octanol–water partition coefficient (Wildman–Crippen LogP) is 7.15. The fourth-order valence-electron chi connectivity index (χ4n) is 4.40. The van der Waals surface area contributed by atoms with E-state index in [1.807, 2.05) is 35.7 Å². The smallest absolute Gasteiger partial charge is 0.261 e. The molecule has 0 radical (unpaired) electrons. The molecule has 0 bridgehead atoms. The van der Waals surface area contributed by atoms with E-state index < -0.39 is 0 Å². The predicted molar refractivity (Wildman–Crippen MR) is 140 cm³/mol. The quantitative estimate of drug-likeness (QED) is 0.420. The van der Waals surface area contributed by atoms with Gasteiger partial charge in [0.05, 0.1) is 4.88 Å². The molecule has 1 saturated heterocycles. The van der Waals surface area contributed by atoms with Crippen LogP contribution in [0.5, 0.6) is 0 Å². The molecule has 2 heterocycles. The molecule has 0 spiro atoms. The Labute approximate surface area is 206 Å². The first-order chi connectivity index (χ1) is 15.8. The Hall–Kier alpha value is -2.14. The SMILES string of the molecule is CC(C)(C)c1ccc(CN2CCCCC(NC(=O)c3cc(-c4ccccc4Cl)cs3)C2)cc1. The number of amides is 1. The monoisotopic (exact) mass is 480 g/mol. The van der Waals surface area contributed by atoms with Crippen molar-refractivity contribution in [2.45, 2.75) is 58.0 Å². The van der Waals surface area contributed by atoms with Crippen LogP contribution in [0.25, 0.3) is 11.1 Å². The number of nitrogens with zero attached hydrogens (tertiary/aromatic N) is 1. The average Bonchev–Trinajstić information content (AvgIpc) is 3.17. The summed E-state index contributed by atoms with van der Waals surface area (Å²) in [6.07, 6.45) is 3.33. The van der Waals surface area contributed by atoms with Crippen LogP contribution in [0.4, 0.5) is 0 Å². The largest absolute Gasteiger partial charge is 0.347 e. The number of rotatable bonds is 5. The van der Waals surface area contributed by atoms with Gasteiger partial charge >= 0.3 is 0 Å². The van der Waals surface area contributed by atoms with Gasteiger partial charge in [-0.3, -0.25) is 9.69 Å². The zero-order valence-corrected chi connectivity index (χ0v) is 21.3. The topological polar surface area (TPSA) is 32.3 Å². The minimum atomic E-state index is 0.0136. The molecule has 3 nitrogen and oxygen atoms in total. The third-order valence-electron chi connectivity index (χ3n) is 6.32. The Balaban J connectivity index is 1.38. The zero-order valence-electron chi connectivity index (χ0n) is 19.7. The molecule has 1 N–H and O–H groups in total. The van der Waals surface area contributed by atoms with Crippen LogP contribution in [0.1, 0.15) is 60.8 Å². The molecule has 2 aromatic carbocycles. The summed E-state index contributed by atoms with van der Waals surface area (Å²) in [5.74, 6) is 0.0136. The minimum absolute atomic E-state index is 0.0136. The maximum absolute atomic E-state index is 13.0. The normalized spacial score (nSPS) is 17.5. The van der Waals surface area contributed by atoms with Gasteiger partial charge in [-0.2, -0.15) is 0 Å². The molecule has 1 fully saturated rings. The van der Waals surface area contributed by atoms with E-state index >= 15 is 0 Å². The summed E-state index contributed by atoms with van der Waals surface area (Å²) >= 11 is 7.81. The fraction of sp³-hybridized carbons (Fsp3) is 0.393. The highest BCUT2D eigenvalue weighted by atomic mass is 35.5. The maximum atomic E-state index is 13.0. The molecule has 0 saturated carbocycles. The van der Waals surface area contributed by atoms with Crippen molar-refractivity contribution < 1.29 is 4.79 Å². The van der Waals surface area contributed by atoms with Crippen LogP contribution in [0.3, 0.4) is 0 Å². The van der Waals surface area contributed by atoms with Crippen molar-refractivity contribution in [3.8, 4) is 11.1 Å². The minimum Gasteiger partial charge on any atom is -0.347 e. The molecule has 1 atom stereocenters. The second kappa shape index (κ2) is 10.4. The number of likely N-dealkylation sites (tertiary alicyclic amines) is 1. The van der Waals surface area contributed by atoms with Crippen molar-refractivity contribution in [1.82, 2.24) is 10.2 Å². The summed E-state index contributed by atoms with van der Waals surface area (Å²) in [6, 6.07) is 18.9. The lowest BCUT2D eigenvalue weighted by Crippen LogP contribution is -2.42. The molecule has 5 heteroatoms. The highest BCUT2D eigenvalue weighted by molar-refractivity contribution is 7.12. The Bertz CT molecular complexity index is 1080. The van der Waals surface area contributed by atoms with Crippen molar-refractivity contribution >= 4 is 28.8 Å². The van der Waals surface area contributed by atoms with E-state index in [2.05, 4.69) is 55.3 Å². The van der Waals surface area contributed by atoms with Crippen LogP contribution >= 0.6 is 22.9 Å². The summed E-state index contributed by atoms with van der Waals surface area (Å²) in [6.45, 7) is 9.62. The molecule has 3 aromatic rings. The first kappa shape index (κ1) is 24.0. The highest BCUT2D eigenvalue weighted by Crippen LogP contribution is 2.31. The van der Waals surface area contributed by atoms with E-state index in [4.69, 9.17) is 11.6 Å². The number of benzene rings is 2. The summed E-state index contributed by atoms with van der Waals surface area (Å²) in [7, 11) is 0. The molecule has 4 rings (SSSR count). The Morgan fingerprint density at radius 1 is 1.12 bits per heavy atom. The Morgan fingerprint density at radius 3 is 2.61 bits per heavy atom. The van der Waals surface area contributed by atoms with Crippen LogP contribution in [0.2, 0.25) is 5.02 Å². The van der Waals surface area contributed by atoms with Crippen molar-refractivity contribution in [2.75, 3.05) is 13.1 Å². The molecule has 1 aliphatic heterocycles. The van der Waals surface area contributed by atoms with Crippen LogP contribution in [0.15, 0.2) is 60.0 Å². The summed E-state index contributed by atoms with van der Waals surface area (Å²) in [5, 5.41) is 6.01. The lowest BCUT2D eigenvalue weighted by molar-refractivity contribution is 0.0929. The molecule has 33 heavy (non-hydrogen) atoms. The number of carbonyl (C=O) groups is 1. The number of carbonyl (C=O) groups excluding carboxylic acids is 1. The van der Waals surface area contributed by atoms with E-state index in [1.165, 1.54) is 28.9 Å². The lowest BCUT2D eigenvalue weighted by atomic mass is 9.87. The number of thiophene rings is 1. The molecule has 1 aromatic heterocycles. The van der Waals surface area contributed by atoms with Crippen molar-refractivity contribution in [3.63, 3.8) is 0 Å². The first-order valence-corrected chi connectivity index (χ1v) is 13.0. The van der Waals surface area contributed by atoms with Crippen LogP contribution in [-0.2, 0) is 12.0 Å². The Kier molecular flexibility index (Phi) is 7.58. The van der Waals surface area contributed by atoms with Gasteiger partial charge in [-0.05, 0) is 59.0 Å². The van der Waals surface area contributed by atoms with Gasteiger partial charge < -0.3 is 5.32 Å². The van der Waals surface area contributed by atoms with E-state index in [-0.39, 0.29) is 17.4 Å². The lowest BCUT2D eigenvalue weighted by Gasteiger charge is -2.25. The van der Waals surface area contributed by atoms with Gasteiger partial charge in [0.1, 0.15) is 0 Å². The van der Waals surface area contributed by atoms with Crippen molar-refractivity contribution in [1.29, 1.82) is 0 Å². The molecule has 1 amide bonds. The first-order valence-electron chi connectivity index (χ1n) is 11.8. The second-order valence-electron chi connectivity index (χ2n) is 10.0. The second-order valence-corrected chi connectivity index (χ2v) is 11.3. The van der Waals surface area contributed by atoms with E-state index in [1.54, 1.807) is 0 Å².